The molecule has 3 aromatic rings. The number of hydrogen-bond donors (Lipinski definition) is 1. The van der Waals surface area contributed by atoms with Crippen LogP contribution in [0.1, 0.15) is 21.5 Å². The summed E-state index contributed by atoms with van der Waals surface area (Å²) in [6.45, 7) is 3.74. The molecular formula is C15H14N4O. The molecule has 0 aliphatic heterocycles. The van der Waals surface area contributed by atoms with Crippen LogP contribution >= 0.6 is 0 Å². The summed E-state index contributed by atoms with van der Waals surface area (Å²) in [5, 5.41) is 8.31. The fourth-order valence-corrected chi connectivity index (χ4v) is 2.51. The van der Waals surface area contributed by atoms with Crippen molar-refractivity contribution >= 4 is 16.9 Å². The lowest BCUT2D eigenvalue weighted by atomic mass is 10.0. The first-order chi connectivity index (χ1) is 9.58. The topological polar surface area (TPSA) is 73.8 Å². The van der Waals surface area contributed by atoms with Crippen LogP contribution in [0, 0.1) is 13.8 Å². The van der Waals surface area contributed by atoms with E-state index < -0.39 is 5.91 Å². The Morgan fingerprint density at radius 3 is 2.45 bits per heavy atom. The van der Waals surface area contributed by atoms with Crippen molar-refractivity contribution in [2.45, 2.75) is 13.8 Å². The van der Waals surface area contributed by atoms with Crippen LogP contribution in [-0.2, 0) is 0 Å². The van der Waals surface area contributed by atoms with E-state index in [1.54, 1.807) is 4.68 Å². The predicted molar refractivity (Wildman–Crippen MR) is 76.9 cm³/mol. The highest BCUT2D eigenvalue weighted by Gasteiger charge is 2.13. The number of fused-ring (bicyclic) bond motifs is 1. The molecule has 0 atom stereocenters. The Morgan fingerprint density at radius 2 is 1.80 bits per heavy atom. The number of carbonyl (C=O) groups is 1. The molecule has 1 amide bonds. The third kappa shape index (κ3) is 1.84. The van der Waals surface area contributed by atoms with Crippen molar-refractivity contribution in [1.29, 1.82) is 0 Å². The molecule has 0 saturated heterocycles. The molecule has 100 valence electrons. The number of hydrogen-bond acceptors (Lipinski definition) is 3. The Bertz CT molecular complexity index is 797. The molecule has 0 aliphatic rings. The lowest BCUT2D eigenvalue weighted by Gasteiger charge is -2.10. The first-order valence-corrected chi connectivity index (χ1v) is 6.30. The quantitative estimate of drug-likeness (QED) is 0.772. The average molecular weight is 266 g/mol. The van der Waals surface area contributed by atoms with Gasteiger partial charge in [-0.05, 0) is 49.2 Å². The summed E-state index contributed by atoms with van der Waals surface area (Å²) in [5.74, 6) is -0.407. The maximum Gasteiger partial charge on any atom is 0.249 e. The van der Waals surface area contributed by atoms with Gasteiger partial charge in [0.2, 0.25) is 5.91 Å². The van der Waals surface area contributed by atoms with Gasteiger partial charge in [0.1, 0.15) is 5.52 Å². The lowest BCUT2D eigenvalue weighted by Crippen LogP contribution is -2.15. The maximum absolute atomic E-state index is 11.4. The largest absolute Gasteiger partial charge is 0.366 e. The first kappa shape index (κ1) is 12.3. The Hall–Kier alpha value is -2.69. The molecule has 2 aromatic carbocycles. The van der Waals surface area contributed by atoms with Gasteiger partial charge in [0.15, 0.2) is 0 Å². The van der Waals surface area contributed by atoms with Gasteiger partial charge < -0.3 is 5.73 Å². The third-order valence-electron chi connectivity index (χ3n) is 3.36. The summed E-state index contributed by atoms with van der Waals surface area (Å²) in [6, 6.07) is 11.5. The molecule has 0 unspecified atom stereocenters. The van der Waals surface area contributed by atoms with Crippen molar-refractivity contribution in [3.05, 3.63) is 53.1 Å². The van der Waals surface area contributed by atoms with Gasteiger partial charge in [-0.1, -0.05) is 17.3 Å². The molecular weight excluding hydrogens is 252 g/mol. The second kappa shape index (κ2) is 4.45. The van der Waals surface area contributed by atoms with Gasteiger partial charge in [0.05, 0.1) is 11.2 Å². The van der Waals surface area contributed by atoms with Crippen molar-refractivity contribution in [3.8, 4) is 5.69 Å². The van der Waals surface area contributed by atoms with Crippen molar-refractivity contribution in [2.24, 2.45) is 5.73 Å². The van der Waals surface area contributed by atoms with E-state index in [1.165, 1.54) is 0 Å². The van der Waals surface area contributed by atoms with Crippen LogP contribution in [-0.4, -0.2) is 20.9 Å². The SMILES string of the molecule is Cc1cc(-n2nnc3ccccc32)cc(C)c1C(N)=O. The zero-order valence-corrected chi connectivity index (χ0v) is 11.3. The Morgan fingerprint density at radius 1 is 1.15 bits per heavy atom. The number of benzene rings is 2. The average Bonchev–Trinajstić information content (AvgIpc) is 2.81. The van der Waals surface area contributed by atoms with E-state index in [4.69, 9.17) is 5.73 Å². The Labute approximate surface area is 116 Å². The maximum atomic E-state index is 11.4. The molecule has 5 heteroatoms. The molecule has 2 N–H and O–H groups in total. The zero-order valence-electron chi connectivity index (χ0n) is 11.3. The van der Waals surface area contributed by atoms with E-state index in [1.807, 2.05) is 50.2 Å². The monoisotopic (exact) mass is 266 g/mol. The van der Waals surface area contributed by atoms with Crippen LogP contribution in [0.4, 0.5) is 0 Å². The standard InChI is InChI=1S/C15H14N4O/c1-9-7-11(8-10(2)14(9)15(16)20)19-13-6-4-3-5-12(13)17-18-19/h3-8H,1-2H3,(H2,16,20). The van der Waals surface area contributed by atoms with Gasteiger partial charge in [0, 0.05) is 5.56 Å². The van der Waals surface area contributed by atoms with E-state index in [0.717, 1.165) is 27.8 Å². The molecule has 1 heterocycles. The number of nitrogens with two attached hydrogens (primary N) is 1. The number of primary amides is 1. The fraction of sp³-hybridized carbons (Fsp3) is 0.133. The predicted octanol–water partition coefficient (Wildman–Crippen LogP) is 2.14. The highest BCUT2D eigenvalue weighted by Crippen LogP contribution is 2.21. The lowest BCUT2D eigenvalue weighted by molar-refractivity contribution is 0.0999. The van der Waals surface area contributed by atoms with E-state index >= 15 is 0 Å². The van der Waals surface area contributed by atoms with Crippen LogP contribution < -0.4 is 5.73 Å². The fourth-order valence-electron chi connectivity index (χ4n) is 2.51. The molecule has 1 aromatic heterocycles. The number of nitrogens with zero attached hydrogens (tertiary/aromatic N) is 3. The molecule has 0 radical (unpaired) electrons. The molecule has 20 heavy (non-hydrogen) atoms. The van der Waals surface area contributed by atoms with E-state index in [9.17, 15) is 4.79 Å². The molecule has 0 aliphatic carbocycles. The smallest absolute Gasteiger partial charge is 0.249 e. The number of carbonyl (C=O) groups excluding carboxylic acids is 1. The molecule has 0 fully saturated rings. The van der Waals surface area contributed by atoms with Crippen molar-refractivity contribution in [2.75, 3.05) is 0 Å². The van der Waals surface area contributed by atoms with Gasteiger partial charge in [-0.25, -0.2) is 4.68 Å². The summed E-state index contributed by atoms with van der Waals surface area (Å²) in [4.78, 5) is 11.4. The highest BCUT2D eigenvalue weighted by molar-refractivity contribution is 5.96. The third-order valence-corrected chi connectivity index (χ3v) is 3.36. The molecule has 0 saturated carbocycles. The summed E-state index contributed by atoms with van der Waals surface area (Å²) >= 11 is 0. The van der Waals surface area contributed by atoms with E-state index in [2.05, 4.69) is 10.3 Å². The first-order valence-electron chi connectivity index (χ1n) is 6.30. The molecule has 0 spiro atoms. The minimum Gasteiger partial charge on any atom is -0.366 e. The van der Waals surface area contributed by atoms with Crippen LogP contribution in [0.15, 0.2) is 36.4 Å². The number of rotatable bonds is 2. The zero-order chi connectivity index (χ0) is 14.3. The van der Waals surface area contributed by atoms with Crippen LogP contribution in [0.5, 0.6) is 0 Å². The van der Waals surface area contributed by atoms with Crippen LogP contribution in [0.3, 0.4) is 0 Å². The molecule has 0 bridgehead atoms. The number of para-hydroxylation sites is 1. The van der Waals surface area contributed by atoms with Crippen molar-refractivity contribution < 1.29 is 4.79 Å². The summed E-state index contributed by atoms with van der Waals surface area (Å²) in [6.07, 6.45) is 0. The van der Waals surface area contributed by atoms with Gasteiger partial charge in [-0.15, -0.1) is 5.10 Å². The number of aryl methyl sites for hydroxylation is 2. The van der Waals surface area contributed by atoms with E-state index in [0.29, 0.717) is 5.56 Å². The second-order valence-electron chi connectivity index (χ2n) is 4.81. The number of amides is 1. The molecule has 3 rings (SSSR count). The summed E-state index contributed by atoms with van der Waals surface area (Å²) < 4.78 is 1.76. The minimum atomic E-state index is -0.407. The van der Waals surface area contributed by atoms with Gasteiger partial charge in [-0.3, -0.25) is 4.79 Å². The summed E-state index contributed by atoms with van der Waals surface area (Å²) in [5.41, 5.74) is 10.3. The number of aromatic nitrogens is 3. The normalized spacial score (nSPS) is 10.9. The van der Waals surface area contributed by atoms with Gasteiger partial charge in [0.25, 0.3) is 0 Å². The summed E-state index contributed by atoms with van der Waals surface area (Å²) in [7, 11) is 0. The van der Waals surface area contributed by atoms with E-state index in [-0.39, 0.29) is 0 Å². The Kier molecular flexibility index (Phi) is 2.75. The Balaban J connectivity index is 2.23. The van der Waals surface area contributed by atoms with Gasteiger partial charge >= 0.3 is 0 Å². The van der Waals surface area contributed by atoms with Gasteiger partial charge in [-0.2, -0.15) is 0 Å². The highest BCUT2D eigenvalue weighted by atomic mass is 16.1. The second-order valence-corrected chi connectivity index (χ2v) is 4.81. The van der Waals surface area contributed by atoms with Crippen molar-refractivity contribution in [1.82, 2.24) is 15.0 Å². The van der Waals surface area contributed by atoms with Crippen LogP contribution in [0.25, 0.3) is 16.7 Å². The van der Waals surface area contributed by atoms with Crippen LogP contribution in [0.2, 0.25) is 0 Å². The molecule has 5 nitrogen and oxygen atoms in total. The minimum absolute atomic E-state index is 0.407. The van der Waals surface area contributed by atoms with Crippen molar-refractivity contribution in [3.63, 3.8) is 0 Å².